The van der Waals surface area contributed by atoms with Gasteiger partial charge in [-0.1, -0.05) is 0 Å². The van der Waals surface area contributed by atoms with Crippen molar-refractivity contribution in [2.45, 2.75) is 19.0 Å². The molecule has 0 radical (unpaired) electrons. The van der Waals surface area contributed by atoms with Crippen LogP contribution in [0.5, 0.6) is 0 Å². The Morgan fingerprint density at radius 2 is 2.30 bits per heavy atom. The third-order valence-corrected chi connectivity index (χ3v) is 6.25. The van der Waals surface area contributed by atoms with E-state index in [4.69, 9.17) is 0 Å². The van der Waals surface area contributed by atoms with Gasteiger partial charge in [-0.05, 0) is 34.5 Å². The Labute approximate surface area is 148 Å². The first kappa shape index (κ1) is 18.2. The Bertz CT molecular complexity index is 574. The molecule has 2 heterocycles. The minimum absolute atomic E-state index is 0. The first-order valence-corrected chi connectivity index (χ1v) is 9.33. The molecule has 1 aromatic heterocycles. The van der Waals surface area contributed by atoms with E-state index in [0.717, 1.165) is 3.79 Å². The Morgan fingerprint density at radius 1 is 1.55 bits per heavy atom. The average molecular weight is 494 g/mol. The minimum atomic E-state index is -2.86. The molecule has 1 aliphatic rings. The summed E-state index contributed by atoms with van der Waals surface area (Å²) in [5, 5.41) is 6.34. The quantitative estimate of drug-likeness (QED) is 0.383. The Morgan fingerprint density at radius 3 is 2.80 bits per heavy atom. The monoisotopic (exact) mass is 493 g/mol. The molecule has 0 aromatic carbocycles. The Kier molecular flexibility index (Phi) is 7.22. The maximum atomic E-state index is 11.4. The lowest BCUT2D eigenvalue weighted by Gasteiger charge is -2.15. The van der Waals surface area contributed by atoms with Gasteiger partial charge in [-0.3, -0.25) is 4.99 Å². The number of hydrogen-bond donors (Lipinski definition) is 2. The molecule has 1 atom stereocenters. The normalized spacial score (nSPS) is 21.3. The number of nitrogens with zero attached hydrogens (tertiary/aromatic N) is 1. The van der Waals surface area contributed by atoms with E-state index in [0.29, 0.717) is 18.9 Å². The molecular weight excluding hydrogens is 477 g/mol. The standard InChI is InChI=1S/C11H16BrN3O2S2.HI/c1-13-11(14-6-9-2-3-10(12)18-9)15-8-4-5-19(16,17)7-8;/h2-3,8H,4-7H2,1H3,(H2,13,14,15);1H. The second-order valence-corrected chi connectivity index (χ2v) is 9.15. The van der Waals surface area contributed by atoms with Crippen LogP contribution in [-0.2, 0) is 16.4 Å². The van der Waals surface area contributed by atoms with Crippen molar-refractivity contribution in [2.24, 2.45) is 4.99 Å². The largest absolute Gasteiger partial charge is 0.353 e. The number of halogens is 2. The first-order valence-electron chi connectivity index (χ1n) is 5.90. The summed E-state index contributed by atoms with van der Waals surface area (Å²) < 4.78 is 23.9. The van der Waals surface area contributed by atoms with E-state index in [2.05, 4.69) is 31.6 Å². The molecule has 1 unspecified atom stereocenters. The van der Waals surface area contributed by atoms with Crippen LogP contribution in [0.15, 0.2) is 20.9 Å². The summed E-state index contributed by atoms with van der Waals surface area (Å²) in [6.07, 6.45) is 0.646. The van der Waals surface area contributed by atoms with Crippen LogP contribution in [0.25, 0.3) is 0 Å². The van der Waals surface area contributed by atoms with E-state index < -0.39 is 9.84 Å². The lowest BCUT2D eigenvalue weighted by molar-refractivity contribution is 0.599. The second kappa shape index (κ2) is 7.95. The van der Waals surface area contributed by atoms with Gasteiger partial charge in [0.1, 0.15) is 0 Å². The molecule has 1 fully saturated rings. The average Bonchev–Trinajstić information content (AvgIpc) is 2.90. The number of hydrogen-bond acceptors (Lipinski definition) is 4. The van der Waals surface area contributed by atoms with Crippen molar-refractivity contribution < 1.29 is 8.42 Å². The molecule has 9 heteroatoms. The summed E-state index contributed by atoms with van der Waals surface area (Å²) in [7, 11) is -1.18. The van der Waals surface area contributed by atoms with Gasteiger partial charge in [0.2, 0.25) is 0 Å². The van der Waals surface area contributed by atoms with Crippen molar-refractivity contribution in [2.75, 3.05) is 18.6 Å². The van der Waals surface area contributed by atoms with Crippen LogP contribution in [0.3, 0.4) is 0 Å². The number of aliphatic imine (C=N–C) groups is 1. The van der Waals surface area contributed by atoms with Crippen LogP contribution in [0.1, 0.15) is 11.3 Å². The third-order valence-electron chi connectivity index (χ3n) is 2.86. The maximum absolute atomic E-state index is 11.4. The second-order valence-electron chi connectivity index (χ2n) is 4.38. The lowest BCUT2D eigenvalue weighted by Crippen LogP contribution is -2.43. The van der Waals surface area contributed by atoms with E-state index in [-0.39, 0.29) is 41.5 Å². The highest BCUT2D eigenvalue weighted by molar-refractivity contribution is 14.0. The van der Waals surface area contributed by atoms with Gasteiger partial charge in [0.25, 0.3) is 0 Å². The maximum Gasteiger partial charge on any atom is 0.191 e. The molecule has 0 spiro atoms. The van der Waals surface area contributed by atoms with Gasteiger partial charge in [-0.2, -0.15) is 0 Å². The summed E-state index contributed by atoms with van der Waals surface area (Å²) in [4.78, 5) is 5.30. The predicted molar refractivity (Wildman–Crippen MR) is 97.8 cm³/mol. The predicted octanol–water partition coefficient (Wildman–Crippen LogP) is 1.98. The number of sulfone groups is 1. The van der Waals surface area contributed by atoms with Crippen LogP contribution in [-0.4, -0.2) is 39.0 Å². The zero-order chi connectivity index (χ0) is 13.9. The third kappa shape index (κ3) is 5.49. The van der Waals surface area contributed by atoms with Crippen molar-refractivity contribution >= 4 is 67.0 Å². The molecule has 2 N–H and O–H groups in total. The van der Waals surface area contributed by atoms with Gasteiger partial charge in [0, 0.05) is 18.0 Å². The highest BCUT2D eigenvalue weighted by atomic mass is 127. The molecule has 2 rings (SSSR count). The molecule has 1 aliphatic heterocycles. The zero-order valence-corrected chi connectivity index (χ0v) is 16.5. The molecule has 0 aliphatic carbocycles. The molecule has 5 nitrogen and oxygen atoms in total. The number of thiophene rings is 1. The molecule has 1 saturated heterocycles. The SMILES string of the molecule is CN=C(NCc1ccc(Br)s1)NC1CCS(=O)(=O)C1.I. The summed E-state index contributed by atoms with van der Waals surface area (Å²) in [6.45, 7) is 0.676. The summed E-state index contributed by atoms with van der Waals surface area (Å²) in [5.41, 5.74) is 0. The highest BCUT2D eigenvalue weighted by Gasteiger charge is 2.28. The smallest absolute Gasteiger partial charge is 0.191 e. The molecule has 0 amide bonds. The summed E-state index contributed by atoms with van der Waals surface area (Å²) >= 11 is 5.08. The molecule has 1 aromatic rings. The van der Waals surface area contributed by atoms with Gasteiger partial charge in [0.05, 0.1) is 21.8 Å². The van der Waals surface area contributed by atoms with Crippen molar-refractivity contribution in [3.8, 4) is 0 Å². The van der Waals surface area contributed by atoms with Crippen molar-refractivity contribution in [3.05, 3.63) is 20.8 Å². The fourth-order valence-corrected chi connectivity index (χ4v) is 5.01. The van der Waals surface area contributed by atoms with Crippen LogP contribution in [0, 0.1) is 0 Å². The van der Waals surface area contributed by atoms with Crippen molar-refractivity contribution in [1.29, 1.82) is 0 Å². The molecular formula is C11H17BrIN3O2S2. The molecule has 114 valence electrons. The van der Waals surface area contributed by atoms with Crippen LogP contribution in [0.2, 0.25) is 0 Å². The van der Waals surface area contributed by atoms with Gasteiger partial charge in [0.15, 0.2) is 15.8 Å². The zero-order valence-electron chi connectivity index (χ0n) is 10.9. The van der Waals surface area contributed by atoms with Gasteiger partial charge < -0.3 is 10.6 Å². The van der Waals surface area contributed by atoms with Crippen molar-refractivity contribution in [1.82, 2.24) is 10.6 Å². The van der Waals surface area contributed by atoms with E-state index in [1.165, 1.54) is 4.88 Å². The number of nitrogens with one attached hydrogen (secondary N) is 2. The molecule has 0 bridgehead atoms. The minimum Gasteiger partial charge on any atom is -0.353 e. The van der Waals surface area contributed by atoms with Crippen LogP contribution >= 0.6 is 51.2 Å². The topological polar surface area (TPSA) is 70.6 Å². The number of guanidine groups is 1. The number of rotatable bonds is 3. The first-order chi connectivity index (χ1) is 8.98. The van der Waals surface area contributed by atoms with Gasteiger partial charge in [-0.15, -0.1) is 35.3 Å². The Hall–Kier alpha value is 0.130. The Balaban J connectivity index is 0.00000200. The molecule has 0 saturated carbocycles. The van der Waals surface area contributed by atoms with Crippen LogP contribution in [0.4, 0.5) is 0 Å². The fourth-order valence-electron chi connectivity index (χ4n) is 1.91. The van der Waals surface area contributed by atoms with E-state index in [1.807, 2.05) is 12.1 Å². The van der Waals surface area contributed by atoms with E-state index in [1.54, 1.807) is 18.4 Å². The van der Waals surface area contributed by atoms with Gasteiger partial charge in [-0.25, -0.2) is 8.42 Å². The highest BCUT2D eigenvalue weighted by Crippen LogP contribution is 2.21. The summed E-state index contributed by atoms with van der Waals surface area (Å²) in [5.74, 6) is 1.10. The summed E-state index contributed by atoms with van der Waals surface area (Å²) in [6, 6.07) is 4.00. The molecule has 20 heavy (non-hydrogen) atoms. The van der Waals surface area contributed by atoms with Crippen LogP contribution < -0.4 is 10.6 Å². The van der Waals surface area contributed by atoms with E-state index in [9.17, 15) is 8.42 Å². The lowest BCUT2D eigenvalue weighted by atomic mass is 10.3. The van der Waals surface area contributed by atoms with Gasteiger partial charge >= 0.3 is 0 Å². The van der Waals surface area contributed by atoms with Crippen molar-refractivity contribution in [3.63, 3.8) is 0 Å². The fraction of sp³-hybridized carbons (Fsp3) is 0.545. The van der Waals surface area contributed by atoms with E-state index >= 15 is 0 Å².